The van der Waals surface area contributed by atoms with E-state index in [1.165, 1.54) is 10.6 Å². The molecule has 0 unspecified atom stereocenters. The van der Waals surface area contributed by atoms with Crippen LogP contribution in [0.15, 0.2) is 22.8 Å². The molecule has 0 aliphatic heterocycles. The maximum atomic E-state index is 5.40. The summed E-state index contributed by atoms with van der Waals surface area (Å²) in [7, 11) is 0. The number of nitrogens with one attached hydrogen (secondary N) is 1. The van der Waals surface area contributed by atoms with Gasteiger partial charge in [-0.25, -0.2) is 4.98 Å². The number of aryl methyl sites for hydroxylation is 1. The average molecular weight is 250 g/mol. The molecule has 4 heteroatoms. The lowest BCUT2D eigenvalue weighted by atomic mass is 10.2. The molecule has 2 rings (SSSR count). The maximum Gasteiger partial charge on any atom is 0.162 e. The van der Waals surface area contributed by atoms with Crippen molar-refractivity contribution < 1.29 is 4.42 Å². The summed E-state index contributed by atoms with van der Waals surface area (Å²) < 4.78 is 5.40. The highest BCUT2D eigenvalue weighted by atomic mass is 32.1. The van der Waals surface area contributed by atoms with Crippen molar-refractivity contribution in [3.8, 4) is 10.8 Å². The van der Waals surface area contributed by atoms with Crippen LogP contribution in [-0.2, 0) is 13.0 Å². The van der Waals surface area contributed by atoms with Gasteiger partial charge in [0.1, 0.15) is 0 Å². The first-order valence-electron chi connectivity index (χ1n) is 6.08. The van der Waals surface area contributed by atoms with Gasteiger partial charge in [-0.1, -0.05) is 20.3 Å². The van der Waals surface area contributed by atoms with Crippen molar-refractivity contribution in [2.75, 3.05) is 6.54 Å². The second-order valence-electron chi connectivity index (χ2n) is 3.90. The predicted octanol–water partition coefficient (Wildman–Crippen LogP) is 3.47. The summed E-state index contributed by atoms with van der Waals surface area (Å²) in [6.07, 6.45) is 3.86. The highest BCUT2D eigenvalue weighted by Gasteiger charge is 2.13. The molecule has 0 aliphatic carbocycles. The summed E-state index contributed by atoms with van der Waals surface area (Å²) in [5.74, 6) is 0.870. The average Bonchev–Trinajstić information content (AvgIpc) is 2.95. The van der Waals surface area contributed by atoms with E-state index in [-0.39, 0.29) is 0 Å². The van der Waals surface area contributed by atoms with Crippen molar-refractivity contribution in [1.82, 2.24) is 10.3 Å². The van der Waals surface area contributed by atoms with E-state index < -0.39 is 0 Å². The molecule has 17 heavy (non-hydrogen) atoms. The Bertz CT molecular complexity index is 448. The van der Waals surface area contributed by atoms with E-state index in [4.69, 9.17) is 4.42 Å². The summed E-state index contributed by atoms with van der Waals surface area (Å²) in [6.45, 7) is 6.20. The van der Waals surface area contributed by atoms with Gasteiger partial charge in [0.05, 0.1) is 12.0 Å². The highest BCUT2D eigenvalue weighted by molar-refractivity contribution is 7.15. The summed E-state index contributed by atoms with van der Waals surface area (Å²) in [5, 5.41) is 4.35. The van der Waals surface area contributed by atoms with E-state index in [9.17, 15) is 0 Å². The van der Waals surface area contributed by atoms with Gasteiger partial charge in [-0.3, -0.25) is 0 Å². The van der Waals surface area contributed by atoms with Crippen LogP contribution < -0.4 is 5.32 Å². The number of rotatable bonds is 6. The quantitative estimate of drug-likeness (QED) is 0.853. The molecule has 92 valence electrons. The molecule has 1 N–H and O–H groups in total. The highest BCUT2D eigenvalue weighted by Crippen LogP contribution is 2.29. The van der Waals surface area contributed by atoms with Gasteiger partial charge in [-0.05, 0) is 25.1 Å². The Morgan fingerprint density at radius 2 is 2.29 bits per heavy atom. The normalized spacial score (nSPS) is 10.9. The Hall–Kier alpha value is -1.13. The molecule has 0 radical (unpaired) electrons. The molecule has 0 fully saturated rings. The molecule has 0 aliphatic rings. The van der Waals surface area contributed by atoms with Crippen molar-refractivity contribution in [3.63, 3.8) is 0 Å². The summed E-state index contributed by atoms with van der Waals surface area (Å²) in [6, 6.07) is 3.87. The monoisotopic (exact) mass is 250 g/mol. The van der Waals surface area contributed by atoms with Gasteiger partial charge < -0.3 is 9.73 Å². The Morgan fingerprint density at radius 3 is 2.94 bits per heavy atom. The molecule has 2 heterocycles. The largest absolute Gasteiger partial charge is 0.462 e. The first kappa shape index (κ1) is 12.3. The maximum absolute atomic E-state index is 5.40. The fourth-order valence-electron chi connectivity index (χ4n) is 1.70. The topological polar surface area (TPSA) is 38.1 Å². The Kier molecular flexibility index (Phi) is 4.34. The van der Waals surface area contributed by atoms with Crippen LogP contribution >= 0.6 is 11.3 Å². The number of thiazole rings is 1. The van der Waals surface area contributed by atoms with E-state index in [0.717, 1.165) is 36.7 Å². The predicted molar refractivity (Wildman–Crippen MR) is 71.2 cm³/mol. The number of aromatic nitrogens is 1. The molecule has 0 atom stereocenters. The molecule has 0 amide bonds. The lowest BCUT2D eigenvalue weighted by Crippen LogP contribution is -2.11. The molecular formula is C13H18N2OS. The zero-order valence-electron chi connectivity index (χ0n) is 10.3. The van der Waals surface area contributed by atoms with Gasteiger partial charge in [0.15, 0.2) is 10.8 Å². The second-order valence-corrected chi connectivity index (χ2v) is 4.98. The Morgan fingerprint density at radius 1 is 1.41 bits per heavy atom. The van der Waals surface area contributed by atoms with Crippen LogP contribution in [0, 0.1) is 0 Å². The SMILES string of the molecule is CCCc1nc(-c2ccco2)sc1CNCC. The van der Waals surface area contributed by atoms with Gasteiger partial charge in [0, 0.05) is 11.4 Å². The molecule has 0 spiro atoms. The van der Waals surface area contributed by atoms with E-state index in [2.05, 4.69) is 24.1 Å². The van der Waals surface area contributed by atoms with Crippen molar-refractivity contribution in [1.29, 1.82) is 0 Å². The van der Waals surface area contributed by atoms with Crippen molar-refractivity contribution >= 4 is 11.3 Å². The van der Waals surface area contributed by atoms with Crippen LogP contribution in [0.5, 0.6) is 0 Å². The van der Waals surface area contributed by atoms with E-state index in [1.54, 1.807) is 17.6 Å². The van der Waals surface area contributed by atoms with E-state index in [1.807, 2.05) is 12.1 Å². The minimum atomic E-state index is 0.870. The molecular weight excluding hydrogens is 232 g/mol. The fourth-order valence-corrected chi connectivity index (χ4v) is 2.74. The first-order chi connectivity index (χ1) is 8.35. The standard InChI is InChI=1S/C13H18N2OS/c1-3-6-10-12(9-14-4-2)17-13(15-10)11-7-5-8-16-11/h5,7-8,14H,3-4,6,9H2,1-2H3. The van der Waals surface area contributed by atoms with Gasteiger partial charge in [-0.2, -0.15) is 0 Å². The molecule has 0 saturated heterocycles. The van der Waals surface area contributed by atoms with Gasteiger partial charge in [0.2, 0.25) is 0 Å². The molecule has 0 bridgehead atoms. The third-order valence-electron chi connectivity index (χ3n) is 2.53. The zero-order valence-corrected chi connectivity index (χ0v) is 11.1. The number of furan rings is 1. The van der Waals surface area contributed by atoms with Crippen LogP contribution in [-0.4, -0.2) is 11.5 Å². The minimum absolute atomic E-state index is 0.870. The number of hydrogen-bond donors (Lipinski definition) is 1. The van der Waals surface area contributed by atoms with Crippen LogP contribution in [0.25, 0.3) is 10.8 Å². The third-order valence-corrected chi connectivity index (χ3v) is 3.64. The summed E-state index contributed by atoms with van der Waals surface area (Å²) in [4.78, 5) is 6.01. The lowest BCUT2D eigenvalue weighted by Gasteiger charge is -2.00. The Balaban J connectivity index is 2.24. The van der Waals surface area contributed by atoms with E-state index in [0.29, 0.717) is 0 Å². The van der Waals surface area contributed by atoms with Crippen LogP contribution in [0.4, 0.5) is 0 Å². The van der Waals surface area contributed by atoms with Gasteiger partial charge in [0.25, 0.3) is 0 Å². The van der Waals surface area contributed by atoms with Crippen molar-refractivity contribution in [2.45, 2.75) is 33.2 Å². The van der Waals surface area contributed by atoms with Crippen LogP contribution in [0.1, 0.15) is 30.8 Å². The summed E-state index contributed by atoms with van der Waals surface area (Å²) in [5.41, 5.74) is 1.21. The number of hydrogen-bond acceptors (Lipinski definition) is 4. The second kappa shape index (κ2) is 5.98. The lowest BCUT2D eigenvalue weighted by molar-refractivity contribution is 0.581. The third kappa shape index (κ3) is 2.96. The molecule has 2 aromatic rings. The minimum Gasteiger partial charge on any atom is -0.462 e. The van der Waals surface area contributed by atoms with Crippen LogP contribution in [0.3, 0.4) is 0 Å². The Labute approximate surface area is 106 Å². The number of nitrogens with zero attached hydrogens (tertiary/aromatic N) is 1. The first-order valence-corrected chi connectivity index (χ1v) is 6.90. The van der Waals surface area contributed by atoms with Crippen molar-refractivity contribution in [3.05, 3.63) is 29.0 Å². The van der Waals surface area contributed by atoms with Gasteiger partial charge >= 0.3 is 0 Å². The zero-order chi connectivity index (χ0) is 12.1. The summed E-state index contributed by atoms with van der Waals surface area (Å²) >= 11 is 1.73. The van der Waals surface area contributed by atoms with Gasteiger partial charge in [-0.15, -0.1) is 11.3 Å². The molecule has 2 aromatic heterocycles. The van der Waals surface area contributed by atoms with Crippen LogP contribution in [0.2, 0.25) is 0 Å². The molecule has 0 aromatic carbocycles. The smallest absolute Gasteiger partial charge is 0.162 e. The molecule has 3 nitrogen and oxygen atoms in total. The van der Waals surface area contributed by atoms with Crippen molar-refractivity contribution in [2.24, 2.45) is 0 Å². The molecule has 0 saturated carbocycles. The fraction of sp³-hybridized carbons (Fsp3) is 0.462. The van der Waals surface area contributed by atoms with E-state index >= 15 is 0 Å².